The third-order valence-corrected chi connectivity index (χ3v) is 15.1. The van der Waals surface area contributed by atoms with E-state index in [4.69, 9.17) is 0 Å². The molecule has 0 aliphatic carbocycles. The Balaban J connectivity index is -0.000000180. The summed E-state index contributed by atoms with van der Waals surface area (Å²) in [5, 5.41) is -2.59. The fourth-order valence-corrected chi connectivity index (χ4v) is 10.6. The molecule has 0 rings (SSSR count). The van der Waals surface area contributed by atoms with E-state index in [2.05, 4.69) is 0 Å². The van der Waals surface area contributed by atoms with E-state index in [1.807, 2.05) is 0 Å². The van der Waals surface area contributed by atoms with E-state index in [1.165, 1.54) is 0 Å². The molecule has 0 spiro atoms. The molecule has 0 radical (unpaired) electrons. The minimum absolute atomic E-state index is 0. The number of rotatable bonds is 2. The molecule has 0 aromatic rings. The standard InChI is InChI=1S/2CH3OP.2ClH.Sc/c2*1-3-2;;;/h2*1H3;2*1H;/q;;;;-2/p+2. The van der Waals surface area contributed by atoms with Crippen molar-refractivity contribution in [1.29, 1.82) is 0 Å². The van der Waals surface area contributed by atoms with Gasteiger partial charge in [0.25, 0.3) is 0 Å². The molecule has 0 aliphatic heterocycles. The minimum Gasteiger partial charge on any atom is -0.147 e. The summed E-state index contributed by atoms with van der Waals surface area (Å²) in [5.41, 5.74) is 0. The summed E-state index contributed by atoms with van der Waals surface area (Å²) in [6, 6.07) is 0. The molecule has 7 heteroatoms. The Labute approximate surface area is 78.9 Å². The quantitative estimate of drug-likeness (QED) is 0.697. The van der Waals surface area contributed by atoms with Crippen LogP contribution in [-0.2, 0) is 30.9 Å². The topological polar surface area (TPSA) is 34.1 Å². The number of hydrogen-bond acceptors (Lipinski definition) is 2. The summed E-state index contributed by atoms with van der Waals surface area (Å²) in [6.45, 7) is 3.41. The molecule has 2 nitrogen and oxygen atoms in total. The molecular weight excluding hydrogens is 234 g/mol. The Morgan fingerprint density at radius 1 is 1.00 bits per heavy atom. The second-order valence-electron chi connectivity index (χ2n) is 1.37. The van der Waals surface area contributed by atoms with Gasteiger partial charge in [-0.05, 0) is 0 Å². The molecule has 0 amide bonds. The summed E-state index contributed by atoms with van der Waals surface area (Å²) in [5.74, 6) is 0. The second kappa shape index (κ2) is 9.91. The van der Waals surface area contributed by atoms with Crippen molar-refractivity contribution < 1.29 is 30.9 Å². The first-order valence-electron chi connectivity index (χ1n) is 1.99. The molecule has 0 aromatic carbocycles. The van der Waals surface area contributed by atoms with Crippen LogP contribution in [0.5, 0.6) is 0 Å². The zero-order valence-corrected chi connectivity index (χ0v) is 10.6. The smallest absolute Gasteiger partial charge is 0.147 e. The van der Waals surface area contributed by atoms with Crippen LogP contribution in [0, 0.1) is 0 Å². The zero-order valence-electron chi connectivity index (χ0n) is 5.21. The number of hydrogen-bond donors (Lipinski definition) is 0. The van der Waals surface area contributed by atoms with Crippen molar-refractivity contribution in [2.45, 2.75) is 0 Å². The predicted molar refractivity (Wildman–Crippen MR) is 44.3 cm³/mol. The van der Waals surface area contributed by atoms with Gasteiger partial charge in [-0.25, -0.2) is 0 Å². The fourth-order valence-electron chi connectivity index (χ4n) is 0.286. The molecule has 57 valence electrons. The molecular formula is C2H10Cl2O2P2Sc. The van der Waals surface area contributed by atoms with Gasteiger partial charge < -0.3 is 0 Å². The molecule has 0 N–H and O–H groups in total. The summed E-state index contributed by atoms with van der Waals surface area (Å²) < 4.78 is 20.7. The predicted octanol–water partition coefficient (Wildman–Crippen LogP) is 2.12. The third kappa shape index (κ3) is 17.8. The molecule has 0 aliphatic rings. The molecule has 2 unspecified atom stereocenters. The van der Waals surface area contributed by atoms with Crippen molar-refractivity contribution in [3.05, 3.63) is 0 Å². The molecule has 0 saturated heterocycles. The number of halogens is 2. The van der Waals surface area contributed by atoms with Gasteiger partial charge in [0.1, 0.15) is 0 Å². The van der Waals surface area contributed by atoms with Gasteiger partial charge in [-0.2, -0.15) is 0 Å². The Hall–Kier alpha value is 1.91. The van der Waals surface area contributed by atoms with E-state index in [0.29, 0.717) is 0 Å². The van der Waals surface area contributed by atoms with Crippen LogP contribution in [0.1, 0.15) is 0 Å². The largest absolute Gasteiger partial charge is 0.147 e. The second-order valence-corrected chi connectivity index (χ2v) is 16.6. The molecule has 9 heavy (non-hydrogen) atoms. The van der Waals surface area contributed by atoms with Crippen LogP contribution in [0.3, 0.4) is 0 Å². The summed E-state index contributed by atoms with van der Waals surface area (Å²) >= 11 is -0.762. The van der Waals surface area contributed by atoms with Crippen molar-refractivity contribution in [2.75, 3.05) is 13.3 Å². The average molecular weight is 244 g/mol. The van der Waals surface area contributed by atoms with Crippen molar-refractivity contribution in [3.8, 4) is 0 Å². The van der Waals surface area contributed by atoms with Crippen molar-refractivity contribution in [1.82, 2.24) is 0 Å². The first-order chi connectivity index (χ1) is 3.13. The van der Waals surface area contributed by atoms with Gasteiger partial charge in [-0.1, -0.05) is 0 Å². The van der Waals surface area contributed by atoms with E-state index >= 15 is 0 Å². The van der Waals surface area contributed by atoms with E-state index in [9.17, 15) is 9.13 Å². The maximum absolute atomic E-state index is 10.3. The van der Waals surface area contributed by atoms with Gasteiger partial charge in [-0.3, -0.25) is 0 Å². The maximum Gasteiger partial charge on any atom is -0.147 e. The molecule has 2 atom stereocenters. The van der Waals surface area contributed by atoms with Crippen LogP contribution in [0.25, 0.3) is 0 Å². The van der Waals surface area contributed by atoms with Crippen molar-refractivity contribution in [3.63, 3.8) is 0 Å². The maximum atomic E-state index is 10.3. The molecule has 0 fully saturated rings. The van der Waals surface area contributed by atoms with E-state index in [0.717, 1.165) is 0 Å². The SMILES string of the molecule is C[PH](=O)[Sc][PH](C)=O.Cl.Cl. The van der Waals surface area contributed by atoms with Crippen molar-refractivity contribution in [2.24, 2.45) is 0 Å². The van der Waals surface area contributed by atoms with Crippen LogP contribution in [0.2, 0.25) is 0 Å². The van der Waals surface area contributed by atoms with Gasteiger partial charge in [0.15, 0.2) is 0 Å². The van der Waals surface area contributed by atoms with Crippen LogP contribution < -0.4 is 0 Å². The summed E-state index contributed by atoms with van der Waals surface area (Å²) in [6.07, 6.45) is 0. The third-order valence-electron chi connectivity index (χ3n) is 0.407. The molecule has 0 bridgehead atoms. The molecule has 0 aromatic heterocycles. The van der Waals surface area contributed by atoms with E-state index in [1.54, 1.807) is 13.3 Å². The van der Waals surface area contributed by atoms with Gasteiger partial charge in [0, 0.05) is 0 Å². The van der Waals surface area contributed by atoms with Gasteiger partial charge in [-0.15, -0.1) is 24.8 Å². The van der Waals surface area contributed by atoms with Crippen molar-refractivity contribution >= 4 is 35.1 Å². The van der Waals surface area contributed by atoms with Crippen LogP contribution in [-0.4, -0.2) is 13.3 Å². The van der Waals surface area contributed by atoms with Crippen LogP contribution >= 0.6 is 35.1 Å². The van der Waals surface area contributed by atoms with Crippen LogP contribution in [0.4, 0.5) is 0 Å². The zero-order chi connectivity index (χ0) is 5.86. The monoisotopic (exact) mass is 243 g/mol. The van der Waals surface area contributed by atoms with E-state index in [-0.39, 0.29) is 24.8 Å². The van der Waals surface area contributed by atoms with Crippen LogP contribution in [0.15, 0.2) is 0 Å². The average Bonchev–Trinajstić information content (AvgIpc) is 1.27. The summed E-state index contributed by atoms with van der Waals surface area (Å²) in [4.78, 5) is 0. The Morgan fingerprint density at radius 3 is 1.22 bits per heavy atom. The normalized spacial score (nSPS) is 13.6. The first kappa shape index (κ1) is 17.1. The van der Waals surface area contributed by atoms with E-state index < -0.39 is 32.1 Å². The summed E-state index contributed by atoms with van der Waals surface area (Å²) in [7, 11) is 0. The molecule has 0 saturated carbocycles. The molecule has 0 heterocycles. The minimum atomic E-state index is -1.30. The van der Waals surface area contributed by atoms with Gasteiger partial charge in [0.05, 0.1) is 0 Å². The van der Waals surface area contributed by atoms with Gasteiger partial charge >= 0.3 is 54.5 Å². The van der Waals surface area contributed by atoms with Gasteiger partial charge in [0.2, 0.25) is 0 Å². The Kier molecular flexibility index (Phi) is 18.9. The fraction of sp³-hybridized carbons (Fsp3) is 1.00. The Morgan fingerprint density at radius 2 is 1.22 bits per heavy atom. The Bertz CT molecular complexity index is 96.7. The first-order valence-corrected chi connectivity index (χ1v) is 11.4.